The van der Waals surface area contributed by atoms with Crippen LogP contribution in [0.25, 0.3) is 0 Å². The summed E-state index contributed by atoms with van der Waals surface area (Å²) >= 11 is 0. The number of unbranched alkanes of at least 4 members (excludes halogenated alkanes) is 11. The van der Waals surface area contributed by atoms with Gasteiger partial charge in [-0.15, -0.1) is 0 Å². The second-order valence-electron chi connectivity index (χ2n) is 6.41. The number of allylic oxidation sites excluding steroid dienone is 2. The minimum absolute atomic E-state index is 1.10. The third-order valence-corrected chi connectivity index (χ3v) is 4.27. The molecule has 0 fully saturated rings. The number of hydrogen-bond donors (Lipinski definition) is 0. The lowest BCUT2D eigenvalue weighted by Gasteiger charge is -1.99. The van der Waals surface area contributed by atoms with Crippen molar-refractivity contribution in [3.8, 4) is 0 Å². The van der Waals surface area contributed by atoms with Crippen molar-refractivity contribution in [2.45, 2.75) is 96.8 Å². The predicted molar refractivity (Wildman–Crippen MR) is 97.2 cm³/mol. The highest BCUT2D eigenvalue weighted by atomic mass is 16.3. The van der Waals surface area contributed by atoms with E-state index < -0.39 is 0 Å². The monoisotopic (exact) mass is 304 g/mol. The van der Waals surface area contributed by atoms with Crippen LogP contribution in [0.15, 0.2) is 35.0 Å². The highest BCUT2D eigenvalue weighted by Gasteiger charge is 1.95. The van der Waals surface area contributed by atoms with Crippen molar-refractivity contribution in [3.05, 3.63) is 36.3 Å². The van der Waals surface area contributed by atoms with Crippen LogP contribution in [-0.2, 0) is 6.42 Å². The molecule has 1 heterocycles. The number of rotatable bonds is 15. The SMILES string of the molecule is CCCCCCCCC=CCCCCCCCc1ccco1. The molecule has 1 heteroatoms. The van der Waals surface area contributed by atoms with Crippen molar-refractivity contribution in [1.29, 1.82) is 0 Å². The summed E-state index contributed by atoms with van der Waals surface area (Å²) in [5, 5.41) is 0. The summed E-state index contributed by atoms with van der Waals surface area (Å²) in [5.41, 5.74) is 0. The molecule has 1 aromatic heterocycles. The molecule has 0 bridgehead atoms. The Morgan fingerprint density at radius 2 is 1.36 bits per heavy atom. The molecule has 0 aromatic carbocycles. The maximum atomic E-state index is 5.34. The second-order valence-corrected chi connectivity index (χ2v) is 6.41. The van der Waals surface area contributed by atoms with E-state index in [0.29, 0.717) is 0 Å². The Bertz CT molecular complexity index is 337. The van der Waals surface area contributed by atoms with Crippen LogP contribution < -0.4 is 0 Å². The Hall–Kier alpha value is -0.980. The topological polar surface area (TPSA) is 13.1 Å². The maximum absolute atomic E-state index is 5.34. The van der Waals surface area contributed by atoms with Gasteiger partial charge in [-0.25, -0.2) is 0 Å². The molecule has 0 aliphatic heterocycles. The molecule has 0 spiro atoms. The highest BCUT2D eigenvalue weighted by Crippen LogP contribution is 2.11. The van der Waals surface area contributed by atoms with Gasteiger partial charge in [0, 0.05) is 6.42 Å². The van der Waals surface area contributed by atoms with Crippen molar-refractivity contribution in [2.24, 2.45) is 0 Å². The van der Waals surface area contributed by atoms with E-state index in [9.17, 15) is 0 Å². The van der Waals surface area contributed by atoms with Gasteiger partial charge in [0.2, 0.25) is 0 Å². The zero-order chi connectivity index (χ0) is 15.7. The molecule has 0 aliphatic rings. The Morgan fingerprint density at radius 3 is 1.95 bits per heavy atom. The zero-order valence-corrected chi connectivity index (χ0v) is 14.7. The van der Waals surface area contributed by atoms with E-state index in [4.69, 9.17) is 4.42 Å². The molecule has 0 aliphatic carbocycles. The van der Waals surface area contributed by atoms with Crippen LogP contribution in [0.3, 0.4) is 0 Å². The van der Waals surface area contributed by atoms with Gasteiger partial charge in [-0.3, -0.25) is 0 Å². The van der Waals surface area contributed by atoms with Crippen LogP contribution in [0.5, 0.6) is 0 Å². The summed E-state index contributed by atoms with van der Waals surface area (Å²) in [6.07, 6.45) is 25.3. The van der Waals surface area contributed by atoms with Crippen LogP contribution in [0.4, 0.5) is 0 Å². The molecule has 1 nitrogen and oxygen atoms in total. The van der Waals surface area contributed by atoms with Crippen LogP contribution in [0, 0.1) is 0 Å². The van der Waals surface area contributed by atoms with Crippen LogP contribution >= 0.6 is 0 Å². The first-order chi connectivity index (χ1) is 10.9. The minimum Gasteiger partial charge on any atom is -0.469 e. The molecule has 0 saturated heterocycles. The second kappa shape index (κ2) is 14.9. The predicted octanol–water partition coefficient (Wildman–Crippen LogP) is 7.47. The third kappa shape index (κ3) is 11.7. The average Bonchev–Trinajstić information content (AvgIpc) is 3.04. The van der Waals surface area contributed by atoms with Gasteiger partial charge in [-0.05, 0) is 44.2 Å². The summed E-state index contributed by atoms with van der Waals surface area (Å²) in [6.45, 7) is 2.28. The first-order valence-electron chi connectivity index (χ1n) is 9.61. The van der Waals surface area contributed by atoms with E-state index in [0.717, 1.165) is 12.2 Å². The van der Waals surface area contributed by atoms with Gasteiger partial charge < -0.3 is 4.42 Å². The fourth-order valence-corrected chi connectivity index (χ4v) is 2.82. The molecule has 126 valence electrons. The van der Waals surface area contributed by atoms with Crippen LogP contribution in [0.1, 0.15) is 96.2 Å². The summed E-state index contributed by atoms with van der Waals surface area (Å²) < 4.78 is 5.34. The van der Waals surface area contributed by atoms with Gasteiger partial charge in [0.25, 0.3) is 0 Å². The van der Waals surface area contributed by atoms with Gasteiger partial charge in [-0.2, -0.15) is 0 Å². The van der Waals surface area contributed by atoms with E-state index in [2.05, 4.69) is 25.1 Å². The summed E-state index contributed by atoms with van der Waals surface area (Å²) in [6, 6.07) is 4.06. The quantitative estimate of drug-likeness (QED) is 0.242. The molecule has 0 atom stereocenters. The number of aryl methyl sites for hydroxylation is 1. The number of furan rings is 1. The first kappa shape index (κ1) is 19.1. The van der Waals surface area contributed by atoms with E-state index >= 15 is 0 Å². The fraction of sp³-hybridized carbons (Fsp3) is 0.714. The van der Waals surface area contributed by atoms with Gasteiger partial charge in [-0.1, -0.05) is 70.4 Å². The van der Waals surface area contributed by atoms with Crippen molar-refractivity contribution >= 4 is 0 Å². The lowest BCUT2D eigenvalue weighted by molar-refractivity contribution is 0.492. The van der Waals surface area contributed by atoms with Crippen molar-refractivity contribution in [2.75, 3.05) is 0 Å². The Morgan fingerprint density at radius 1 is 0.773 bits per heavy atom. The van der Waals surface area contributed by atoms with Gasteiger partial charge >= 0.3 is 0 Å². The molecule has 1 rings (SSSR count). The van der Waals surface area contributed by atoms with E-state index in [1.54, 1.807) is 6.26 Å². The third-order valence-electron chi connectivity index (χ3n) is 4.27. The Kier molecular flexibility index (Phi) is 12.9. The lowest BCUT2D eigenvalue weighted by atomic mass is 10.1. The average molecular weight is 305 g/mol. The standard InChI is InChI=1S/C21H36O/c1-2-3-4-5-6-7-8-9-10-11-12-13-14-15-16-18-21-19-17-20-22-21/h9-10,17,19-20H,2-8,11-16,18H2,1H3. The zero-order valence-electron chi connectivity index (χ0n) is 14.7. The molecule has 1 aromatic rings. The molecular formula is C21H36O. The minimum atomic E-state index is 1.10. The van der Waals surface area contributed by atoms with Crippen LogP contribution in [0.2, 0.25) is 0 Å². The Balaban J connectivity index is 1.74. The van der Waals surface area contributed by atoms with Crippen molar-refractivity contribution in [1.82, 2.24) is 0 Å². The van der Waals surface area contributed by atoms with Gasteiger partial charge in [0.15, 0.2) is 0 Å². The van der Waals surface area contributed by atoms with E-state index in [1.165, 1.54) is 83.5 Å². The summed E-state index contributed by atoms with van der Waals surface area (Å²) in [5.74, 6) is 1.14. The highest BCUT2D eigenvalue weighted by molar-refractivity contribution is 4.97. The normalized spacial score (nSPS) is 11.5. The fourth-order valence-electron chi connectivity index (χ4n) is 2.82. The largest absolute Gasteiger partial charge is 0.469 e. The van der Waals surface area contributed by atoms with Gasteiger partial charge in [0.05, 0.1) is 6.26 Å². The van der Waals surface area contributed by atoms with E-state index in [1.807, 2.05) is 6.07 Å². The molecule has 0 unspecified atom stereocenters. The van der Waals surface area contributed by atoms with E-state index in [-0.39, 0.29) is 0 Å². The molecule has 0 radical (unpaired) electrons. The smallest absolute Gasteiger partial charge is 0.103 e. The summed E-state index contributed by atoms with van der Waals surface area (Å²) in [7, 11) is 0. The number of hydrogen-bond acceptors (Lipinski definition) is 1. The lowest BCUT2D eigenvalue weighted by Crippen LogP contribution is -1.83. The van der Waals surface area contributed by atoms with Crippen LogP contribution in [-0.4, -0.2) is 0 Å². The van der Waals surface area contributed by atoms with Crippen molar-refractivity contribution < 1.29 is 4.42 Å². The van der Waals surface area contributed by atoms with Crippen molar-refractivity contribution in [3.63, 3.8) is 0 Å². The first-order valence-corrected chi connectivity index (χ1v) is 9.61. The summed E-state index contributed by atoms with van der Waals surface area (Å²) in [4.78, 5) is 0. The molecular weight excluding hydrogens is 268 g/mol. The molecule has 22 heavy (non-hydrogen) atoms. The molecule has 0 amide bonds. The molecule has 0 saturated carbocycles. The van der Waals surface area contributed by atoms with Gasteiger partial charge in [0.1, 0.15) is 5.76 Å². The Labute approximate surface area is 138 Å². The maximum Gasteiger partial charge on any atom is 0.103 e. The molecule has 0 N–H and O–H groups in total.